The number of rotatable bonds is 7. The third kappa shape index (κ3) is 4.48. The zero-order valence-corrected chi connectivity index (χ0v) is 18.5. The zero-order valence-electron chi connectivity index (χ0n) is 18.5. The fourth-order valence-electron chi connectivity index (χ4n) is 3.58. The SMILES string of the molecule is CCCOc1cccc(NC2=C(c3ccc(C)cc3)C(=O)N(c3ccc(C#N)cc3)C2=O)c1. The molecule has 0 radical (unpaired) electrons. The van der Waals surface area contributed by atoms with Gasteiger partial charge < -0.3 is 10.1 Å². The minimum atomic E-state index is -0.458. The lowest BCUT2D eigenvalue weighted by molar-refractivity contribution is -0.120. The average molecular weight is 437 g/mol. The Labute approximate surface area is 192 Å². The van der Waals surface area contributed by atoms with Gasteiger partial charge in [-0.1, -0.05) is 42.8 Å². The van der Waals surface area contributed by atoms with Gasteiger partial charge in [-0.05, 0) is 55.3 Å². The Balaban J connectivity index is 1.75. The second-order valence-corrected chi connectivity index (χ2v) is 7.72. The highest BCUT2D eigenvalue weighted by Crippen LogP contribution is 2.34. The number of hydrogen-bond donors (Lipinski definition) is 1. The van der Waals surface area contributed by atoms with E-state index < -0.39 is 11.8 Å². The molecule has 0 aromatic heterocycles. The van der Waals surface area contributed by atoms with Crippen LogP contribution >= 0.6 is 0 Å². The molecule has 1 N–H and O–H groups in total. The summed E-state index contributed by atoms with van der Waals surface area (Å²) in [6.07, 6.45) is 0.882. The lowest BCUT2D eigenvalue weighted by Gasteiger charge is -2.15. The topological polar surface area (TPSA) is 82.4 Å². The van der Waals surface area contributed by atoms with Crippen LogP contribution in [-0.4, -0.2) is 18.4 Å². The van der Waals surface area contributed by atoms with E-state index in [9.17, 15) is 9.59 Å². The first kappa shape index (κ1) is 21.8. The molecular weight excluding hydrogens is 414 g/mol. The van der Waals surface area contributed by atoms with E-state index in [1.165, 1.54) is 0 Å². The summed E-state index contributed by atoms with van der Waals surface area (Å²) in [5.74, 6) is -0.199. The lowest BCUT2D eigenvalue weighted by Crippen LogP contribution is -2.32. The molecule has 0 bridgehead atoms. The highest BCUT2D eigenvalue weighted by atomic mass is 16.5. The molecule has 2 amide bonds. The quantitative estimate of drug-likeness (QED) is 0.523. The number of nitrogens with one attached hydrogen (secondary N) is 1. The number of anilines is 2. The number of carbonyl (C=O) groups is 2. The maximum absolute atomic E-state index is 13.5. The minimum Gasteiger partial charge on any atom is -0.494 e. The molecule has 6 nitrogen and oxygen atoms in total. The van der Waals surface area contributed by atoms with Crippen LogP contribution in [0.15, 0.2) is 78.5 Å². The summed E-state index contributed by atoms with van der Waals surface area (Å²) in [6.45, 7) is 4.58. The van der Waals surface area contributed by atoms with E-state index in [-0.39, 0.29) is 5.70 Å². The molecule has 0 unspecified atom stereocenters. The van der Waals surface area contributed by atoms with Crippen LogP contribution < -0.4 is 15.0 Å². The Morgan fingerprint density at radius 1 is 0.970 bits per heavy atom. The van der Waals surface area contributed by atoms with Crippen LogP contribution in [0, 0.1) is 18.3 Å². The van der Waals surface area contributed by atoms with E-state index in [1.807, 2.05) is 62.4 Å². The summed E-state index contributed by atoms with van der Waals surface area (Å²) >= 11 is 0. The molecule has 0 fully saturated rings. The first-order chi connectivity index (χ1) is 16.0. The number of aryl methyl sites for hydroxylation is 1. The number of hydrogen-bond acceptors (Lipinski definition) is 5. The van der Waals surface area contributed by atoms with Gasteiger partial charge >= 0.3 is 0 Å². The number of amides is 2. The summed E-state index contributed by atoms with van der Waals surface area (Å²) in [4.78, 5) is 28.1. The van der Waals surface area contributed by atoms with Crippen molar-refractivity contribution in [1.29, 1.82) is 5.26 Å². The Hall–Kier alpha value is -4.37. The van der Waals surface area contributed by atoms with Crippen LogP contribution in [0.1, 0.15) is 30.0 Å². The number of carbonyl (C=O) groups excluding carboxylic acids is 2. The van der Waals surface area contributed by atoms with Crippen LogP contribution in [-0.2, 0) is 9.59 Å². The van der Waals surface area contributed by atoms with Crippen molar-refractivity contribution < 1.29 is 14.3 Å². The van der Waals surface area contributed by atoms with Gasteiger partial charge in [0.25, 0.3) is 11.8 Å². The van der Waals surface area contributed by atoms with Gasteiger partial charge in [0, 0.05) is 11.8 Å². The van der Waals surface area contributed by atoms with E-state index in [0.717, 1.165) is 16.9 Å². The van der Waals surface area contributed by atoms with Crippen LogP contribution in [0.2, 0.25) is 0 Å². The van der Waals surface area contributed by atoms with Gasteiger partial charge in [0.05, 0.1) is 29.5 Å². The molecule has 0 saturated heterocycles. The first-order valence-electron chi connectivity index (χ1n) is 10.7. The second-order valence-electron chi connectivity index (χ2n) is 7.72. The van der Waals surface area contributed by atoms with Crippen molar-refractivity contribution in [1.82, 2.24) is 0 Å². The molecule has 164 valence electrons. The van der Waals surface area contributed by atoms with Crippen molar-refractivity contribution in [2.24, 2.45) is 0 Å². The van der Waals surface area contributed by atoms with Crippen LogP contribution in [0.5, 0.6) is 5.75 Å². The van der Waals surface area contributed by atoms with E-state index in [0.29, 0.717) is 40.4 Å². The van der Waals surface area contributed by atoms with Gasteiger partial charge in [0.2, 0.25) is 0 Å². The molecule has 3 aromatic carbocycles. The molecule has 3 aromatic rings. The number of nitrogens with zero attached hydrogens (tertiary/aromatic N) is 2. The molecular formula is C27H23N3O3. The molecule has 6 heteroatoms. The number of ether oxygens (including phenoxy) is 1. The maximum Gasteiger partial charge on any atom is 0.282 e. The smallest absolute Gasteiger partial charge is 0.282 e. The van der Waals surface area contributed by atoms with Crippen molar-refractivity contribution in [3.8, 4) is 11.8 Å². The maximum atomic E-state index is 13.5. The molecule has 0 saturated carbocycles. The Morgan fingerprint density at radius 3 is 2.36 bits per heavy atom. The fourth-order valence-corrected chi connectivity index (χ4v) is 3.58. The second kappa shape index (κ2) is 9.41. The van der Waals surface area contributed by atoms with Gasteiger partial charge in [-0.25, -0.2) is 4.90 Å². The largest absolute Gasteiger partial charge is 0.494 e. The summed E-state index contributed by atoms with van der Waals surface area (Å²) < 4.78 is 5.70. The molecule has 33 heavy (non-hydrogen) atoms. The third-order valence-corrected chi connectivity index (χ3v) is 5.25. The Kier molecular flexibility index (Phi) is 6.23. The highest BCUT2D eigenvalue weighted by Gasteiger charge is 2.40. The number of benzene rings is 3. The lowest BCUT2D eigenvalue weighted by atomic mass is 10.0. The number of nitriles is 1. The van der Waals surface area contributed by atoms with Gasteiger partial charge in [-0.2, -0.15) is 5.26 Å². The van der Waals surface area contributed by atoms with E-state index in [2.05, 4.69) is 5.32 Å². The number of imide groups is 1. The van der Waals surface area contributed by atoms with E-state index in [1.54, 1.807) is 30.3 Å². The van der Waals surface area contributed by atoms with Gasteiger partial charge in [0.15, 0.2) is 0 Å². The minimum absolute atomic E-state index is 0.195. The van der Waals surface area contributed by atoms with E-state index in [4.69, 9.17) is 10.00 Å². The normalized spacial score (nSPS) is 13.3. The Bertz CT molecular complexity index is 1270. The summed E-state index contributed by atoms with van der Waals surface area (Å²) in [5.41, 5.74) is 3.69. The van der Waals surface area contributed by atoms with Crippen LogP contribution in [0.3, 0.4) is 0 Å². The monoisotopic (exact) mass is 437 g/mol. The van der Waals surface area contributed by atoms with Crippen molar-refractivity contribution in [2.45, 2.75) is 20.3 Å². The predicted molar refractivity (Wildman–Crippen MR) is 128 cm³/mol. The van der Waals surface area contributed by atoms with Gasteiger partial charge in [0.1, 0.15) is 11.4 Å². The summed E-state index contributed by atoms with van der Waals surface area (Å²) in [7, 11) is 0. The first-order valence-corrected chi connectivity index (χ1v) is 10.7. The molecule has 0 aliphatic carbocycles. The molecule has 0 atom stereocenters. The highest BCUT2D eigenvalue weighted by molar-refractivity contribution is 6.46. The molecule has 1 heterocycles. The molecule has 0 spiro atoms. The fraction of sp³-hybridized carbons (Fsp3) is 0.148. The Morgan fingerprint density at radius 2 is 1.70 bits per heavy atom. The van der Waals surface area contributed by atoms with Crippen molar-refractivity contribution in [3.05, 3.63) is 95.2 Å². The average Bonchev–Trinajstić information content (AvgIpc) is 3.08. The molecule has 1 aliphatic heterocycles. The molecule has 1 aliphatic rings. The van der Waals surface area contributed by atoms with Crippen molar-refractivity contribution >= 4 is 28.8 Å². The summed E-state index contributed by atoms with van der Waals surface area (Å²) in [6, 6.07) is 23.2. The van der Waals surface area contributed by atoms with Crippen LogP contribution in [0.25, 0.3) is 5.57 Å². The van der Waals surface area contributed by atoms with Crippen molar-refractivity contribution in [2.75, 3.05) is 16.8 Å². The van der Waals surface area contributed by atoms with E-state index >= 15 is 0 Å². The van der Waals surface area contributed by atoms with Crippen LogP contribution in [0.4, 0.5) is 11.4 Å². The van der Waals surface area contributed by atoms with Crippen molar-refractivity contribution in [3.63, 3.8) is 0 Å². The molecule has 4 rings (SSSR count). The van der Waals surface area contributed by atoms with Gasteiger partial charge in [-0.3, -0.25) is 9.59 Å². The predicted octanol–water partition coefficient (Wildman–Crippen LogP) is 5.05. The standard InChI is InChI=1S/C27H23N3O3/c1-3-15-33-23-6-4-5-21(16-23)29-25-24(20-11-7-18(2)8-12-20)26(31)30(27(25)32)22-13-9-19(17-28)10-14-22/h4-14,16,29H,3,15H2,1-2H3. The zero-order chi connectivity index (χ0) is 23.4. The van der Waals surface area contributed by atoms with Gasteiger partial charge in [-0.15, -0.1) is 0 Å². The summed E-state index contributed by atoms with van der Waals surface area (Å²) in [5, 5.41) is 12.2. The third-order valence-electron chi connectivity index (χ3n) is 5.25.